The average molecular weight is 664 g/mol. The molecular formula is C47H29N5. The summed E-state index contributed by atoms with van der Waals surface area (Å²) in [5, 5.41) is 15.4. The van der Waals surface area contributed by atoms with Gasteiger partial charge in [0, 0.05) is 43.9 Å². The molecule has 242 valence electrons. The first-order valence-electron chi connectivity index (χ1n) is 17.3. The van der Waals surface area contributed by atoms with Crippen LogP contribution in [-0.2, 0) is 0 Å². The van der Waals surface area contributed by atoms with Crippen molar-refractivity contribution >= 4 is 43.6 Å². The minimum Gasteiger partial charge on any atom is -0.309 e. The molecule has 0 bridgehead atoms. The van der Waals surface area contributed by atoms with E-state index in [2.05, 4.69) is 130 Å². The normalized spacial score (nSPS) is 11.4. The van der Waals surface area contributed by atoms with Crippen molar-refractivity contribution in [2.24, 2.45) is 0 Å². The van der Waals surface area contributed by atoms with Crippen LogP contribution < -0.4 is 0 Å². The summed E-state index contributed by atoms with van der Waals surface area (Å²) in [6.07, 6.45) is 0. The number of rotatable bonds is 5. The van der Waals surface area contributed by atoms with E-state index in [9.17, 15) is 5.26 Å². The van der Waals surface area contributed by atoms with E-state index in [1.807, 2.05) is 60.7 Å². The van der Waals surface area contributed by atoms with Crippen molar-refractivity contribution in [1.82, 2.24) is 19.1 Å². The molecule has 3 heterocycles. The topological polar surface area (TPSA) is 59.4 Å². The zero-order chi connectivity index (χ0) is 34.6. The molecule has 0 aliphatic carbocycles. The van der Waals surface area contributed by atoms with Crippen molar-refractivity contribution in [2.75, 3.05) is 0 Å². The van der Waals surface area contributed by atoms with Gasteiger partial charge in [0.1, 0.15) is 6.07 Å². The van der Waals surface area contributed by atoms with Crippen LogP contribution in [0.1, 0.15) is 5.56 Å². The first-order valence-corrected chi connectivity index (χ1v) is 17.3. The Kier molecular flexibility index (Phi) is 6.80. The van der Waals surface area contributed by atoms with Crippen LogP contribution in [0.5, 0.6) is 0 Å². The average Bonchev–Trinajstić information content (AvgIpc) is 3.74. The Labute approximate surface area is 299 Å². The highest BCUT2D eigenvalue weighted by molar-refractivity contribution is 6.28. The van der Waals surface area contributed by atoms with E-state index in [1.54, 1.807) is 0 Å². The van der Waals surface area contributed by atoms with Gasteiger partial charge in [0.2, 0.25) is 0 Å². The van der Waals surface area contributed by atoms with Crippen molar-refractivity contribution < 1.29 is 0 Å². The second-order valence-corrected chi connectivity index (χ2v) is 12.9. The minimum atomic E-state index is 0.563. The van der Waals surface area contributed by atoms with E-state index in [4.69, 9.17) is 9.97 Å². The zero-order valence-corrected chi connectivity index (χ0v) is 28.0. The lowest BCUT2D eigenvalue weighted by Gasteiger charge is -2.13. The summed E-state index contributed by atoms with van der Waals surface area (Å²) in [5.41, 5.74) is 11.3. The van der Waals surface area contributed by atoms with Crippen LogP contribution >= 0.6 is 0 Å². The molecule has 7 aromatic carbocycles. The van der Waals surface area contributed by atoms with Crippen molar-refractivity contribution in [3.05, 3.63) is 181 Å². The molecule has 0 aliphatic rings. The second kappa shape index (κ2) is 11.9. The maximum absolute atomic E-state index is 10.7. The molecule has 0 fully saturated rings. The van der Waals surface area contributed by atoms with Crippen molar-refractivity contribution in [2.45, 2.75) is 0 Å². The SMILES string of the molecule is N#Cc1cc(-c2cc(-c3ccccc3)nc(-c3ccccc3)n2)ccc1-n1c2ccccc2c2c3c4ccccc4n(-c4ccccc4)c3ccc21. The van der Waals surface area contributed by atoms with Crippen LogP contribution in [0.4, 0.5) is 0 Å². The maximum Gasteiger partial charge on any atom is 0.160 e. The first kappa shape index (κ1) is 29.6. The molecule has 0 radical (unpaired) electrons. The number of fused-ring (bicyclic) bond motifs is 7. The minimum absolute atomic E-state index is 0.563. The quantitative estimate of drug-likeness (QED) is 0.184. The van der Waals surface area contributed by atoms with Gasteiger partial charge in [-0.1, -0.05) is 121 Å². The highest BCUT2D eigenvalue weighted by atomic mass is 15.0. The van der Waals surface area contributed by atoms with Crippen molar-refractivity contribution in [1.29, 1.82) is 5.26 Å². The van der Waals surface area contributed by atoms with E-state index in [0.717, 1.165) is 66.9 Å². The molecule has 52 heavy (non-hydrogen) atoms. The molecule has 0 spiro atoms. The van der Waals surface area contributed by atoms with E-state index in [0.29, 0.717) is 11.4 Å². The molecule has 0 aliphatic heterocycles. The number of para-hydroxylation sites is 3. The van der Waals surface area contributed by atoms with Crippen molar-refractivity contribution in [3.8, 4) is 51.3 Å². The summed E-state index contributed by atoms with van der Waals surface area (Å²) in [5.74, 6) is 0.639. The number of nitrogens with zero attached hydrogens (tertiary/aromatic N) is 5. The smallest absolute Gasteiger partial charge is 0.160 e. The predicted molar refractivity (Wildman–Crippen MR) is 212 cm³/mol. The lowest BCUT2D eigenvalue weighted by molar-refractivity contribution is 1.16. The van der Waals surface area contributed by atoms with Gasteiger partial charge in [0.05, 0.1) is 44.7 Å². The van der Waals surface area contributed by atoms with Crippen LogP contribution in [0.2, 0.25) is 0 Å². The lowest BCUT2D eigenvalue weighted by atomic mass is 10.0. The Morgan fingerprint density at radius 3 is 1.58 bits per heavy atom. The van der Waals surface area contributed by atoms with Gasteiger partial charge in [-0.25, -0.2) is 9.97 Å². The summed E-state index contributed by atoms with van der Waals surface area (Å²) in [6, 6.07) is 62.9. The van der Waals surface area contributed by atoms with Crippen LogP contribution in [-0.4, -0.2) is 19.1 Å². The molecule has 0 saturated carbocycles. The zero-order valence-electron chi connectivity index (χ0n) is 28.0. The van der Waals surface area contributed by atoms with E-state index in [1.165, 1.54) is 16.2 Å². The van der Waals surface area contributed by atoms with Crippen LogP contribution in [0, 0.1) is 11.3 Å². The van der Waals surface area contributed by atoms with Gasteiger partial charge < -0.3 is 9.13 Å². The molecule has 10 aromatic rings. The van der Waals surface area contributed by atoms with Gasteiger partial charge in [-0.15, -0.1) is 0 Å². The number of nitriles is 1. The van der Waals surface area contributed by atoms with E-state index < -0.39 is 0 Å². The van der Waals surface area contributed by atoms with Gasteiger partial charge in [-0.05, 0) is 54.6 Å². The molecule has 0 amide bonds. The fourth-order valence-corrected chi connectivity index (χ4v) is 7.68. The molecule has 0 atom stereocenters. The fraction of sp³-hybridized carbons (Fsp3) is 0. The highest BCUT2D eigenvalue weighted by Crippen LogP contribution is 2.43. The Bertz CT molecular complexity index is 2950. The molecule has 0 unspecified atom stereocenters. The monoisotopic (exact) mass is 663 g/mol. The van der Waals surface area contributed by atoms with Gasteiger partial charge in [0.25, 0.3) is 0 Å². The largest absolute Gasteiger partial charge is 0.309 e. The summed E-state index contributed by atoms with van der Waals surface area (Å²) in [7, 11) is 0. The molecule has 0 N–H and O–H groups in total. The molecule has 5 nitrogen and oxygen atoms in total. The number of hydrogen-bond donors (Lipinski definition) is 0. The first-order chi connectivity index (χ1) is 25.8. The van der Waals surface area contributed by atoms with E-state index >= 15 is 0 Å². The fourth-order valence-electron chi connectivity index (χ4n) is 7.68. The Balaban J connectivity index is 1.21. The molecular weight excluding hydrogens is 635 g/mol. The summed E-state index contributed by atoms with van der Waals surface area (Å²) < 4.78 is 4.59. The number of aromatic nitrogens is 4. The van der Waals surface area contributed by atoms with E-state index in [-0.39, 0.29) is 0 Å². The number of hydrogen-bond acceptors (Lipinski definition) is 3. The van der Waals surface area contributed by atoms with Gasteiger partial charge in [0.15, 0.2) is 5.82 Å². The Morgan fingerprint density at radius 2 is 0.942 bits per heavy atom. The standard InChI is InChI=1S/C47H29N5/c48-30-34-28-33(39-29-38(31-14-4-1-5-15-31)49-47(50-39)32-16-6-2-7-17-32)24-25-40(34)52-42-23-13-11-21-37(42)46-44(52)27-26-43-45(46)36-20-10-12-22-41(36)51(43)35-18-8-3-9-19-35/h1-29H. The summed E-state index contributed by atoms with van der Waals surface area (Å²) in [6.45, 7) is 0. The molecule has 3 aromatic heterocycles. The summed E-state index contributed by atoms with van der Waals surface area (Å²) >= 11 is 0. The van der Waals surface area contributed by atoms with Gasteiger partial charge >= 0.3 is 0 Å². The third-order valence-corrected chi connectivity index (χ3v) is 9.97. The summed E-state index contributed by atoms with van der Waals surface area (Å²) in [4.78, 5) is 9.98. The third-order valence-electron chi connectivity index (χ3n) is 9.97. The third kappa shape index (κ3) is 4.63. The second-order valence-electron chi connectivity index (χ2n) is 12.9. The molecule has 10 rings (SSSR count). The number of benzene rings is 7. The molecule has 5 heteroatoms. The van der Waals surface area contributed by atoms with Crippen molar-refractivity contribution in [3.63, 3.8) is 0 Å². The predicted octanol–water partition coefficient (Wildman–Crippen LogP) is 11.5. The Hall–Kier alpha value is -7.29. The van der Waals surface area contributed by atoms with Crippen LogP contribution in [0.25, 0.3) is 88.9 Å². The maximum atomic E-state index is 10.7. The highest BCUT2D eigenvalue weighted by Gasteiger charge is 2.22. The van der Waals surface area contributed by atoms with Crippen LogP contribution in [0.15, 0.2) is 176 Å². The van der Waals surface area contributed by atoms with Gasteiger partial charge in [-0.3, -0.25) is 0 Å². The Morgan fingerprint density at radius 1 is 0.423 bits per heavy atom. The molecule has 0 saturated heterocycles. The van der Waals surface area contributed by atoms with Crippen LogP contribution in [0.3, 0.4) is 0 Å². The van der Waals surface area contributed by atoms with Gasteiger partial charge in [-0.2, -0.15) is 5.26 Å². The lowest BCUT2D eigenvalue weighted by Crippen LogP contribution is -2.00.